The molecule has 0 atom stereocenters. The van der Waals surface area contributed by atoms with Crippen molar-refractivity contribution >= 4 is 11.8 Å². The number of nitrogens with zero attached hydrogens (tertiary/aromatic N) is 2. The molecule has 0 aliphatic rings. The Kier molecular flexibility index (Phi) is 6.84. The summed E-state index contributed by atoms with van der Waals surface area (Å²) in [7, 11) is 0. The van der Waals surface area contributed by atoms with Crippen LogP contribution in [-0.4, -0.2) is 40.1 Å². The van der Waals surface area contributed by atoms with Gasteiger partial charge in [0.1, 0.15) is 12.2 Å². The molecule has 0 unspecified atom stereocenters. The number of H-pyrrole nitrogens is 1. The van der Waals surface area contributed by atoms with E-state index in [0.717, 1.165) is 18.7 Å². The number of carbonyl (C=O) groups is 2. The first-order valence-electron chi connectivity index (χ1n) is 7.29. The van der Waals surface area contributed by atoms with Gasteiger partial charge in [0.05, 0.1) is 0 Å². The topological polar surface area (TPSA) is 99.8 Å². The molecule has 118 valence electrons. The van der Waals surface area contributed by atoms with Crippen LogP contribution in [-0.2, 0) is 16.0 Å². The summed E-state index contributed by atoms with van der Waals surface area (Å²) in [4.78, 5) is 27.2. The molecule has 0 fully saturated rings. The first kappa shape index (κ1) is 17.1. The van der Waals surface area contributed by atoms with Gasteiger partial charge in [-0.1, -0.05) is 20.8 Å². The molecule has 0 saturated carbocycles. The number of rotatable bonds is 8. The number of aryl methyl sites for hydroxylation is 1. The average molecular weight is 295 g/mol. The Bertz CT molecular complexity index is 437. The van der Waals surface area contributed by atoms with E-state index >= 15 is 0 Å². The Hall–Kier alpha value is -1.92. The highest BCUT2D eigenvalue weighted by Gasteiger charge is 2.20. The van der Waals surface area contributed by atoms with Gasteiger partial charge in [0.15, 0.2) is 0 Å². The highest BCUT2D eigenvalue weighted by atomic mass is 16.2. The maximum absolute atomic E-state index is 11.6. The van der Waals surface area contributed by atoms with Gasteiger partial charge < -0.3 is 10.6 Å². The zero-order chi connectivity index (χ0) is 15.7. The Morgan fingerprint density at radius 3 is 2.52 bits per heavy atom. The van der Waals surface area contributed by atoms with Crippen LogP contribution in [0.4, 0.5) is 0 Å². The van der Waals surface area contributed by atoms with Crippen LogP contribution in [0, 0.1) is 5.41 Å². The van der Waals surface area contributed by atoms with E-state index < -0.39 is 0 Å². The molecular formula is C14H25N5O2. The predicted octanol–water partition coefficient (Wildman–Crippen LogP) is 0.796. The molecule has 3 N–H and O–H groups in total. The quantitative estimate of drug-likeness (QED) is 0.617. The Labute approximate surface area is 125 Å². The van der Waals surface area contributed by atoms with Crippen molar-refractivity contribution in [2.45, 2.75) is 46.5 Å². The number of hydrogen-bond acceptors (Lipinski definition) is 4. The van der Waals surface area contributed by atoms with Crippen molar-refractivity contribution in [3.05, 3.63) is 12.2 Å². The van der Waals surface area contributed by atoms with Crippen molar-refractivity contribution < 1.29 is 9.59 Å². The number of hydrogen-bond donors (Lipinski definition) is 3. The Balaban J connectivity index is 2.00. The van der Waals surface area contributed by atoms with E-state index in [1.807, 2.05) is 20.8 Å². The first-order chi connectivity index (χ1) is 9.89. The Morgan fingerprint density at radius 1 is 1.19 bits per heavy atom. The van der Waals surface area contributed by atoms with E-state index in [9.17, 15) is 9.59 Å². The molecule has 0 bridgehead atoms. The number of aromatic amines is 1. The molecule has 7 heteroatoms. The molecule has 1 rings (SSSR count). The number of amides is 2. The SMILES string of the molecule is CC(C)(C)C(=O)NCCCC(=O)NCCCc1ncn[nH]1. The molecule has 0 saturated heterocycles. The monoisotopic (exact) mass is 295 g/mol. The standard InChI is InChI=1S/C14H25N5O2/c1-14(2,3)13(21)16-9-5-7-12(20)15-8-4-6-11-17-10-18-19-11/h10H,4-9H2,1-3H3,(H,15,20)(H,16,21)(H,17,18,19). The summed E-state index contributed by atoms with van der Waals surface area (Å²) in [5.41, 5.74) is -0.386. The van der Waals surface area contributed by atoms with E-state index in [1.165, 1.54) is 6.33 Å². The molecular weight excluding hydrogens is 270 g/mol. The van der Waals surface area contributed by atoms with Crippen molar-refractivity contribution in [3.8, 4) is 0 Å². The van der Waals surface area contributed by atoms with Gasteiger partial charge >= 0.3 is 0 Å². The van der Waals surface area contributed by atoms with E-state index in [4.69, 9.17) is 0 Å². The zero-order valence-corrected chi connectivity index (χ0v) is 13.0. The molecule has 1 aromatic rings. The molecule has 0 aliphatic heterocycles. The largest absolute Gasteiger partial charge is 0.356 e. The van der Waals surface area contributed by atoms with Crippen molar-refractivity contribution in [2.75, 3.05) is 13.1 Å². The first-order valence-corrected chi connectivity index (χ1v) is 7.29. The lowest BCUT2D eigenvalue weighted by atomic mass is 9.96. The average Bonchev–Trinajstić information content (AvgIpc) is 2.91. The van der Waals surface area contributed by atoms with Crippen LogP contribution >= 0.6 is 0 Å². The van der Waals surface area contributed by atoms with Crippen molar-refractivity contribution in [1.29, 1.82) is 0 Å². The van der Waals surface area contributed by atoms with Gasteiger partial charge in [0.2, 0.25) is 11.8 Å². The fraction of sp³-hybridized carbons (Fsp3) is 0.714. The van der Waals surface area contributed by atoms with Crippen LogP contribution in [0.25, 0.3) is 0 Å². The van der Waals surface area contributed by atoms with Crippen molar-refractivity contribution in [1.82, 2.24) is 25.8 Å². The smallest absolute Gasteiger partial charge is 0.225 e. The molecule has 21 heavy (non-hydrogen) atoms. The summed E-state index contributed by atoms with van der Waals surface area (Å²) in [6, 6.07) is 0. The van der Waals surface area contributed by atoms with Gasteiger partial charge in [-0.3, -0.25) is 14.7 Å². The van der Waals surface area contributed by atoms with E-state index in [2.05, 4.69) is 25.8 Å². The fourth-order valence-electron chi connectivity index (χ4n) is 1.64. The minimum absolute atomic E-state index is 0.00923. The van der Waals surface area contributed by atoms with Crippen molar-refractivity contribution in [3.63, 3.8) is 0 Å². The van der Waals surface area contributed by atoms with Gasteiger partial charge in [-0.05, 0) is 12.8 Å². The lowest BCUT2D eigenvalue weighted by molar-refractivity contribution is -0.128. The molecule has 7 nitrogen and oxygen atoms in total. The molecule has 0 aromatic carbocycles. The highest BCUT2D eigenvalue weighted by Crippen LogP contribution is 2.12. The number of nitrogens with one attached hydrogen (secondary N) is 3. The lowest BCUT2D eigenvalue weighted by Gasteiger charge is -2.17. The van der Waals surface area contributed by atoms with Crippen LogP contribution < -0.4 is 10.6 Å². The lowest BCUT2D eigenvalue weighted by Crippen LogP contribution is -2.35. The van der Waals surface area contributed by atoms with E-state index in [0.29, 0.717) is 25.9 Å². The summed E-state index contributed by atoms with van der Waals surface area (Å²) < 4.78 is 0. The van der Waals surface area contributed by atoms with Gasteiger partial charge in [-0.2, -0.15) is 5.10 Å². The van der Waals surface area contributed by atoms with Gasteiger partial charge in [0, 0.05) is 31.3 Å². The minimum Gasteiger partial charge on any atom is -0.356 e. The third-order valence-corrected chi connectivity index (χ3v) is 2.92. The Morgan fingerprint density at radius 2 is 1.90 bits per heavy atom. The van der Waals surface area contributed by atoms with Crippen molar-refractivity contribution in [2.24, 2.45) is 5.41 Å². The maximum atomic E-state index is 11.6. The zero-order valence-electron chi connectivity index (χ0n) is 13.0. The predicted molar refractivity (Wildman–Crippen MR) is 79.4 cm³/mol. The number of carbonyl (C=O) groups excluding carboxylic acids is 2. The van der Waals surface area contributed by atoms with E-state index in [1.54, 1.807) is 0 Å². The fourth-order valence-corrected chi connectivity index (χ4v) is 1.64. The van der Waals surface area contributed by atoms with Crippen LogP contribution in [0.1, 0.15) is 45.9 Å². The molecule has 1 aromatic heterocycles. The third-order valence-electron chi connectivity index (χ3n) is 2.92. The van der Waals surface area contributed by atoms with Crippen LogP contribution in [0.5, 0.6) is 0 Å². The molecule has 0 radical (unpaired) electrons. The highest BCUT2D eigenvalue weighted by molar-refractivity contribution is 5.81. The molecule has 1 heterocycles. The third kappa shape index (κ3) is 7.43. The maximum Gasteiger partial charge on any atom is 0.225 e. The normalized spacial score (nSPS) is 11.2. The minimum atomic E-state index is -0.386. The second kappa shape index (κ2) is 8.39. The van der Waals surface area contributed by atoms with Gasteiger partial charge in [-0.15, -0.1) is 0 Å². The molecule has 0 spiro atoms. The van der Waals surface area contributed by atoms with Gasteiger partial charge in [0.25, 0.3) is 0 Å². The number of aromatic nitrogens is 3. The summed E-state index contributed by atoms with van der Waals surface area (Å²) in [5.74, 6) is 0.849. The van der Waals surface area contributed by atoms with Crippen LogP contribution in [0.3, 0.4) is 0 Å². The second-order valence-electron chi connectivity index (χ2n) is 6.00. The van der Waals surface area contributed by atoms with Crippen LogP contribution in [0.15, 0.2) is 6.33 Å². The summed E-state index contributed by atoms with van der Waals surface area (Å²) in [6.07, 6.45) is 4.13. The molecule has 2 amide bonds. The van der Waals surface area contributed by atoms with E-state index in [-0.39, 0.29) is 17.2 Å². The summed E-state index contributed by atoms with van der Waals surface area (Å²) >= 11 is 0. The molecule has 0 aliphatic carbocycles. The van der Waals surface area contributed by atoms with Crippen LogP contribution in [0.2, 0.25) is 0 Å². The summed E-state index contributed by atoms with van der Waals surface area (Å²) in [5, 5.41) is 12.2. The van der Waals surface area contributed by atoms with Gasteiger partial charge in [-0.25, -0.2) is 4.98 Å². The summed E-state index contributed by atoms with van der Waals surface area (Å²) in [6.45, 7) is 6.74. The second-order valence-corrected chi connectivity index (χ2v) is 6.00.